The van der Waals surface area contributed by atoms with Crippen LogP contribution in [0, 0.1) is 0 Å². The molecule has 0 radical (unpaired) electrons. The van der Waals surface area contributed by atoms with Crippen molar-refractivity contribution in [2.45, 2.75) is 39.0 Å². The Labute approximate surface area is 171 Å². The molecule has 0 unspecified atom stereocenters. The van der Waals surface area contributed by atoms with Crippen molar-refractivity contribution in [1.29, 1.82) is 0 Å². The highest BCUT2D eigenvalue weighted by atomic mass is 35.5. The van der Waals surface area contributed by atoms with Crippen molar-refractivity contribution in [3.8, 4) is 11.5 Å². The molecule has 1 fully saturated rings. The number of rotatable bonds is 8. The highest BCUT2D eigenvalue weighted by Crippen LogP contribution is 2.36. The Balaban J connectivity index is 1.85. The van der Waals surface area contributed by atoms with E-state index in [1.165, 1.54) is 26.0 Å². The fourth-order valence-corrected chi connectivity index (χ4v) is 3.44. The van der Waals surface area contributed by atoms with E-state index >= 15 is 0 Å². The van der Waals surface area contributed by atoms with Crippen LogP contribution in [0.1, 0.15) is 44.6 Å². The average Bonchev–Trinajstić information content (AvgIpc) is 2.96. The van der Waals surface area contributed by atoms with E-state index in [1.54, 1.807) is 18.2 Å². The van der Waals surface area contributed by atoms with Gasteiger partial charge in [0.25, 0.3) is 0 Å². The molecule has 0 bridgehead atoms. The number of amides is 2. The molecule has 1 aliphatic rings. The number of likely N-dealkylation sites (tertiary alicyclic amines) is 1. The molecule has 2 amide bonds. The quantitative estimate of drug-likeness (QED) is 0.666. The second-order valence-corrected chi connectivity index (χ2v) is 7.04. The maximum atomic E-state index is 12.2. The lowest BCUT2D eigenvalue weighted by atomic mass is 10.2. The Morgan fingerprint density at radius 2 is 1.93 bits per heavy atom. The molecule has 28 heavy (non-hydrogen) atoms. The zero-order valence-corrected chi connectivity index (χ0v) is 17.4. The summed E-state index contributed by atoms with van der Waals surface area (Å²) in [5.41, 5.74) is 0.727. The van der Waals surface area contributed by atoms with Crippen molar-refractivity contribution in [2.75, 3.05) is 33.4 Å². The number of carbonyl (C=O) groups is 2. The minimum atomic E-state index is -0.256. The summed E-state index contributed by atoms with van der Waals surface area (Å²) >= 11 is 6.21. The Kier molecular flexibility index (Phi) is 9.14. The van der Waals surface area contributed by atoms with E-state index in [0.29, 0.717) is 36.1 Å². The number of nitrogens with zero attached hydrogens (tertiary/aromatic N) is 1. The Morgan fingerprint density at radius 1 is 1.21 bits per heavy atom. The second-order valence-electron chi connectivity index (χ2n) is 6.64. The van der Waals surface area contributed by atoms with Crippen LogP contribution in [-0.2, 0) is 9.59 Å². The third kappa shape index (κ3) is 6.75. The van der Waals surface area contributed by atoms with Crippen LogP contribution in [0.15, 0.2) is 18.2 Å². The molecule has 1 N–H and O–H groups in total. The third-order valence-electron chi connectivity index (χ3n) is 4.56. The number of hydrogen-bond donors (Lipinski definition) is 1. The lowest BCUT2D eigenvalue weighted by molar-refractivity contribution is -0.131. The summed E-state index contributed by atoms with van der Waals surface area (Å²) in [6.07, 6.45) is 7.90. The molecular formula is C21H29ClN2O4. The van der Waals surface area contributed by atoms with Crippen molar-refractivity contribution < 1.29 is 19.1 Å². The average molecular weight is 409 g/mol. The maximum absolute atomic E-state index is 12.2. The monoisotopic (exact) mass is 408 g/mol. The van der Waals surface area contributed by atoms with E-state index in [-0.39, 0.29) is 11.8 Å². The molecule has 1 aromatic rings. The number of hydrogen-bond acceptors (Lipinski definition) is 4. The smallest absolute Gasteiger partial charge is 0.244 e. The third-order valence-corrected chi connectivity index (χ3v) is 4.84. The summed E-state index contributed by atoms with van der Waals surface area (Å²) < 4.78 is 10.8. The minimum Gasteiger partial charge on any atom is -0.491 e. The van der Waals surface area contributed by atoms with Gasteiger partial charge in [0.15, 0.2) is 11.5 Å². The topological polar surface area (TPSA) is 67.9 Å². The summed E-state index contributed by atoms with van der Waals surface area (Å²) in [6, 6.07) is 3.47. The highest BCUT2D eigenvalue weighted by molar-refractivity contribution is 6.32. The normalized spacial score (nSPS) is 14.6. The summed E-state index contributed by atoms with van der Waals surface area (Å²) in [4.78, 5) is 26.2. The van der Waals surface area contributed by atoms with Crippen LogP contribution in [-0.4, -0.2) is 50.1 Å². The number of benzene rings is 1. The maximum Gasteiger partial charge on any atom is 0.244 e. The van der Waals surface area contributed by atoms with Crippen molar-refractivity contribution in [2.24, 2.45) is 0 Å². The van der Waals surface area contributed by atoms with Gasteiger partial charge in [0.2, 0.25) is 11.8 Å². The van der Waals surface area contributed by atoms with E-state index in [0.717, 1.165) is 31.5 Å². The van der Waals surface area contributed by atoms with E-state index in [1.807, 2.05) is 11.8 Å². The van der Waals surface area contributed by atoms with Crippen molar-refractivity contribution >= 4 is 29.5 Å². The number of ether oxygens (including phenoxy) is 2. The number of methoxy groups -OCH3 is 1. The van der Waals surface area contributed by atoms with E-state index in [2.05, 4.69) is 5.32 Å². The van der Waals surface area contributed by atoms with Crippen LogP contribution in [0.25, 0.3) is 6.08 Å². The van der Waals surface area contributed by atoms with Crippen LogP contribution in [0.2, 0.25) is 5.02 Å². The van der Waals surface area contributed by atoms with E-state index in [9.17, 15) is 9.59 Å². The first-order chi connectivity index (χ1) is 13.5. The van der Waals surface area contributed by atoms with Gasteiger partial charge in [-0.2, -0.15) is 0 Å². The van der Waals surface area contributed by atoms with Gasteiger partial charge in [-0.15, -0.1) is 0 Å². The van der Waals surface area contributed by atoms with Crippen LogP contribution >= 0.6 is 11.6 Å². The molecule has 0 saturated carbocycles. The zero-order chi connectivity index (χ0) is 20.4. The first kappa shape index (κ1) is 22.1. The van der Waals surface area contributed by atoms with Crippen LogP contribution in [0.5, 0.6) is 11.5 Å². The molecular weight excluding hydrogens is 380 g/mol. The molecule has 0 aromatic heterocycles. The highest BCUT2D eigenvalue weighted by Gasteiger charge is 2.15. The van der Waals surface area contributed by atoms with Gasteiger partial charge in [0, 0.05) is 32.1 Å². The van der Waals surface area contributed by atoms with Gasteiger partial charge in [0.05, 0.1) is 18.7 Å². The van der Waals surface area contributed by atoms with Gasteiger partial charge in [-0.3, -0.25) is 9.59 Å². The van der Waals surface area contributed by atoms with Crippen LogP contribution in [0.4, 0.5) is 0 Å². The Hall–Kier alpha value is -2.21. The summed E-state index contributed by atoms with van der Waals surface area (Å²) in [5, 5.41) is 3.17. The predicted molar refractivity (Wildman–Crippen MR) is 111 cm³/mol. The van der Waals surface area contributed by atoms with Crippen LogP contribution < -0.4 is 14.8 Å². The fourth-order valence-electron chi connectivity index (χ4n) is 3.15. The predicted octanol–water partition coefficient (Wildman–Crippen LogP) is 3.67. The number of halogens is 1. The molecule has 0 spiro atoms. The van der Waals surface area contributed by atoms with E-state index in [4.69, 9.17) is 21.1 Å². The fraction of sp³-hybridized carbons (Fsp3) is 0.524. The first-order valence-electron chi connectivity index (χ1n) is 9.79. The molecule has 2 rings (SSSR count). The van der Waals surface area contributed by atoms with Gasteiger partial charge in [-0.05, 0) is 43.5 Å². The van der Waals surface area contributed by atoms with Crippen molar-refractivity contribution in [1.82, 2.24) is 10.2 Å². The minimum absolute atomic E-state index is 0.106. The molecule has 6 nitrogen and oxygen atoms in total. The first-order valence-corrected chi connectivity index (χ1v) is 10.2. The molecule has 1 aliphatic heterocycles. The lowest BCUT2D eigenvalue weighted by Crippen LogP contribution is -2.34. The van der Waals surface area contributed by atoms with Gasteiger partial charge >= 0.3 is 0 Å². The molecule has 1 aromatic carbocycles. The van der Waals surface area contributed by atoms with E-state index < -0.39 is 0 Å². The van der Waals surface area contributed by atoms with Crippen molar-refractivity contribution in [3.05, 3.63) is 28.8 Å². The molecule has 1 saturated heterocycles. The summed E-state index contributed by atoms with van der Waals surface area (Å²) in [6.45, 7) is 4.33. The SMILES string of the molecule is CCOc1cc(/C=C/C(=O)NCCC(=O)N2CCCCCC2)cc(Cl)c1OC. The molecule has 7 heteroatoms. The Bertz CT molecular complexity index is 698. The molecule has 154 valence electrons. The molecule has 1 heterocycles. The lowest BCUT2D eigenvalue weighted by Gasteiger charge is -2.20. The van der Waals surface area contributed by atoms with Gasteiger partial charge in [0.1, 0.15) is 0 Å². The molecule has 0 atom stereocenters. The van der Waals surface area contributed by atoms with Crippen molar-refractivity contribution in [3.63, 3.8) is 0 Å². The largest absolute Gasteiger partial charge is 0.491 e. The van der Waals surface area contributed by atoms with Gasteiger partial charge in [-0.25, -0.2) is 0 Å². The van der Waals surface area contributed by atoms with Gasteiger partial charge < -0.3 is 19.7 Å². The van der Waals surface area contributed by atoms with Crippen LogP contribution in [0.3, 0.4) is 0 Å². The Morgan fingerprint density at radius 3 is 2.57 bits per heavy atom. The second kappa shape index (κ2) is 11.6. The standard InChI is InChI=1S/C21H29ClN2O4/c1-3-28-18-15-16(14-17(22)21(18)27-2)8-9-19(25)23-11-10-20(26)24-12-6-4-5-7-13-24/h8-9,14-15H,3-7,10-13H2,1-2H3,(H,23,25)/b9-8+. The summed E-state index contributed by atoms with van der Waals surface area (Å²) in [5.74, 6) is 0.848. The number of carbonyl (C=O) groups excluding carboxylic acids is 2. The molecule has 0 aliphatic carbocycles. The summed E-state index contributed by atoms with van der Waals surface area (Å²) in [7, 11) is 1.53. The zero-order valence-electron chi connectivity index (χ0n) is 16.6. The number of nitrogens with one attached hydrogen (secondary N) is 1. The van der Waals surface area contributed by atoms with Gasteiger partial charge in [-0.1, -0.05) is 24.4 Å².